The van der Waals surface area contributed by atoms with Crippen molar-refractivity contribution < 1.29 is 4.74 Å². The van der Waals surface area contributed by atoms with Gasteiger partial charge in [-0.3, -0.25) is 0 Å². The zero-order valence-electron chi connectivity index (χ0n) is 20.8. The molecule has 0 atom stereocenters. The summed E-state index contributed by atoms with van der Waals surface area (Å²) in [7, 11) is 0. The lowest BCUT2D eigenvalue weighted by Gasteiger charge is -2.44. The van der Waals surface area contributed by atoms with Crippen molar-refractivity contribution in [2.24, 2.45) is 23.2 Å². The van der Waals surface area contributed by atoms with E-state index in [1.54, 1.807) is 0 Å². The highest BCUT2D eigenvalue weighted by atomic mass is 16.5. The fraction of sp³-hybridized carbons (Fsp3) is 1.00. The van der Waals surface area contributed by atoms with Crippen LogP contribution < -0.4 is 0 Å². The van der Waals surface area contributed by atoms with Crippen LogP contribution >= 0.6 is 0 Å². The monoisotopic (exact) mass is 418 g/mol. The van der Waals surface area contributed by atoms with Crippen molar-refractivity contribution in [3.63, 3.8) is 0 Å². The van der Waals surface area contributed by atoms with E-state index in [1.165, 1.54) is 135 Å². The Bertz CT molecular complexity index is 422. The Hall–Kier alpha value is -0.0400. The summed E-state index contributed by atoms with van der Waals surface area (Å²) < 4.78 is 6.71. The van der Waals surface area contributed by atoms with Crippen LogP contribution in [0.2, 0.25) is 0 Å². The Balaban J connectivity index is 1.42. The molecule has 0 aromatic rings. The van der Waals surface area contributed by atoms with E-state index >= 15 is 0 Å². The SMILES string of the molecule is CCCCCC1(CO[C@H]2CC[C@H](CCCCC)CC2)CCC(C2CCCCC2)CC1. The molecule has 1 heteroatoms. The molecule has 0 aromatic carbocycles. The third-order valence-corrected chi connectivity index (χ3v) is 9.35. The number of hydrogen-bond acceptors (Lipinski definition) is 1. The van der Waals surface area contributed by atoms with Crippen LogP contribution in [-0.4, -0.2) is 12.7 Å². The van der Waals surface area contributed by atoms with Gasteiger partial charge < -0.3 is 4.74 Å². The van der Waals surface area contributed by atoms with Crippen LogP contribution in [0.1, 0.15) is 149 Å². The van der Waals surface area contributed by atoms with Crippen LogP contribution in [0.25, 0.3) is 0 Å². The van der Waals surface area contributed by atoms with Crippen molar-refractivity contribution in [3.05, 3.63) is 0 Å². The standard InChI is InChI=1S/C29H54O/c1-3-5-8-12-25-15-17-28(18-16-25)30-24-29(21-11-6-4-2)22-19-27(20-23-29)26-13-9-7-10-14-26/h25-28H,3-24H2,1-2H3/t25-,27?,28-,29?. The predicted octanol–water partition coefficient (Wildman–Crippen LogP) is 9.48. The van der Waals surface area contributed by atoms with E-state index in [-0.39, 0.29) is 0 Å². The first-order chi connectivity index (χ1) is 14.7. The average molecular weight is 419 g/mol. The summed E-state index contributed by atoms with van der Waals surface area (Å²) in [6.07, 6.45) is 31.0. The first-order valence-electron chi connectivity index (χ1n) is 14.4. The van der Waals surface area contributed by atoms with Crippen LogP contribution in [0, 0.1) is 23.2 Å². The Morgan fingerprint density at radius 3 is 1.97 bits per heavy atom. The normalized spacial score (nSPS) is 33.6. The molecule has 0 unspecified atom stereocenters. The molecule has 3 aliphatic carbocycles. The second kappa shape index (κ2) is 13.5. The van der Waals surface area contributed by atoms with E-state index in [0.29, 0.717) is 11.5 Å². The summed E-state index contributed by atoms with van der Waals surface area (Å²) in [5.74, 6) is 3.11. The number of hydrogen-bond donors (Lipinski definition) is 0. The van der Waals surface area contributed by atoms with Gasteiger partial charge in [0.15, 0.2) is 0 Å². The van der Waals surface area contributed by atoms with Crippen molar-refractivity contribution in [3.8, 4) is 0 Å². The molecule has 3 aliphatic rings. The van der Waals surface area contributed by atoms with Crippen molar-refractivity contribution in [1.82, 2.24) is 0 Å². The lowest BCUT2D eigenvalue weighted by Crippen LogP contribution is -2.36. The smallest absolute Gasteiger partial charge is 0.0575 e. The van der Waals surface area contributed by atoms with Gasteiger partial charge in [-0.15, -0.1) is 0 Å². The first kappa shape index (κ1) is 24.6. The van der Waals surface area contributed by atoms with E-state index in [9.17, 15) is 0 Å². The molecule has 0 amide bonds. The lowest BCUT2D eigenvalue weighted by molar-refractivity contribution is -0.0566. The predicted molar refractivity (Wildman–Crippen MR) is 131 cm³/mol. The van der Waals surface area contributed by atoms with E-state index in [0.717, 1.165) is 24.4 Å². The van der Waals surface area contributed by atoms with Gasteiger partial charge in [0.05, 0.1) is 12.7 Å². The molecule has 176 valence electrons. The highest BCUT2D eigenvalue weighted by Gasteiger charge is 2.38. The van der Waals surface area contributed by atoms with Crippen molar-refractivity contribution >= 4 is 0 Å². The third-order valence-electron chi connectivity index (χ3n) is 9.35. The largest absolute Gasteiger partial charge is 0.378 e. The number of ether oxygens (including phenoxy) is 1. The third kappa shape index (κ3) is 7.83. The van der Waals surface area contributed by atoms with Gasteiger partial charge in [-0.25, -0.2) is 0 Å². The maximum atomic E-state index is 6.71. The first-order valence-corrected chi connectivity index (χ1v) is 14.4. The maximum Gasteiger partial charge on any atom is 0.0575 e. The van der Waals surface area contributed by atoms with Crippen molar-refractivity contribution in [2.75, 3.05) is 6.61 Å². The molecule has 1 nitrogen and oxygen atoms in total. The van der Waals surface area contributed by atoms with Crippen LogP contribution in [0.5, 0.6) is 0 Å². The Kier molecular flexibility index (Phi) is 11.1. The maximum absolute atomic E-state index is 6.71. The van der Waals surface area contributed by atoms with Gasteiger partial charge in [-0.2, -0.15) is 0 Å². The molecule has 3 saturated carbocycles. The van der Waals surface area contributed by atoms with E-state index in [4.69, 9.17) is 4.74 Å². The van der Waals surface area contributed by atoms with Crippen molar-refractivity contribution in [2.45, 2.75) is 155 Å². The fourth-order valence-corrected chi connectivity index (χ4v) is 7.11. The second-order valence-electron chi connectivity index (χ2n) is 11.6. The molecule has 0 radical (unpaired) electrons. The second-order valence-corrected chi connectivity index (χ2v) is 11.6. The summed E-state index contributed by atoms with van der Waals surface area (Å²) >= 11 is 0. The Morgan fingerprint density at radius 1 is 0.667 bits per heavy atom. The molecule has 30 heavy (non-hydrogen) atoms. The molecule has 0 aromatic heterocycles. The molecule has 0 spiro atoms. The molecule has 0 saturated heterocycles. The van der Waals surface area contributed by atoms with E-state index < -0.39 is 0 Å². The van der Waals surface area contributed by atoms with Crippen molar-refractivity contribution in [1.29, 1.82) is 0 Å². The number of unbranched alkanes of at least 4 members (excludes halogenated alkanes) is 4. The zero-order valence-corrected chi connectivity index (χ0v) is 20.8. The van der Waals surface area contributed by atoms with Gasteiger partial charge in [-0.05, 0) is 81.0 Å². The molecule has 3 fully saturated rings. The molecule has 3 rings (SSSR count). The van der Waals surface area contributed by atoms with Gasteiger partial charge in [0, 0.05) is 0 Å². The highest BCUT2D eigenvalue weighted by Crippen LogP contribution is 2.48. The van der Waals surface area contributed by atoms with Crippen LogP contribution in [0.4, 0.5) is 0 Å². The Morgan fingerprint density at radius 2 is 1.30 bits per heavy atom. The summed E-state index contributed by atoms with van der Waals surface area (Å²) in [6.45, 7) is 5.76. The van der Waals surface area contributed by atoms with E-state index in [2.05, 4.69) is 13.8 Å². The minimum Gasteiger partial charge on any atom is -0.378 e. The molecular weight excluding hydrogens is 364 g/mol. The van der Waals surface area contributed by atoms with E-state index in [1.807, 2.05) is 0 Å². The zero-order chi connectivity index (χ0) is 21.1. The molecule has 0 N–H and O–H groups in total. The summed E-state index contributed by atoms with van der Waals surface area (Å²) in [5.41, 5.74) is 0.526. The minimum atomic E-state index is 0.526. The Labute approximate surface area is 189 Å². The molecule has 0 aliphatic heterocycles. The topological polar surface area (TPSA) is 9.23 Å². The average Bonchev–Trinajstić information content (AvgIpc) is 2.80. The van der Waals surface area contributed by atoms with Gasteiger partial charge in [0.2, 0.25) is 0 Å². The molecular formula is C29H54O. The van der Waals surface area contributed by atoms with Crippen LogP contribution in [0.15, 0.2) is 0 Å². The molecule has 0 bridgehead atoms. The van der Waals surface area contributed by atoms with Gasteiger partial charge in [-0.1, -0.05) is 90.9 Å². The summed E-state index contributed by atoms with van der Waals surface area (Å²) in [5, 5.41) is 0. The number of rotatable bonds is 12. The van der Waals surface area contributed by atoms with Gasteiger partial charge in [0.1, 0.15) is 0 Å². The van der Waals surface area contributed by atoms with Crippen LogP contribution in [-0.2, 0) is 4.74 Å². The quantitative estimate of drug-likeness (QED) is 0.287. The summed E-state index contributed by atoms with van der Waals surface area (Å²) in [4.78, 5) is 0. The lowest BCUT2D eigenvalue weighted by atomic mass is 9.64. The van der Waals surface area contributed by atoms with Gasteiger partial charge >= 0.3 is 0 Å². The fourth-order valence-electron chi connectivity index (χ4n) is 7.11. The van der Waals surface area contributed by atoms with Gasteiger partial charge in [0.25, 0.3) is 0 Å². The minimum absolute atomic E-state index is 0.526. The summed E-state index contributed by atoms with van der Waals surface area (Å²) in [6, 6.07) is 0. The van der Waals surface area contributed by atoms with Crippen LogP contribution in [0.3, 0.4) is 0 Å². The molecule has 0 heterocycles. The highest BCUT2D eigenvalue weighted by molar-refractivity contribution is 4.89.